The van der Waals surface area contributed by atoms with Gasteiger partial charge < -0.3 is 14.4 Å². The number of allylic oxidation sites excluding steroid dienone is 9. The number of aromatic nitrogens is 2. The van der Waals surface area contributed by atoms with Crippen LogP contribution in [0.1, 0.15) is 72.3 Å². The molecule has 1 aromatic rings. The third-order valence-corrected chi connectivity index (χ3v) is 6.81. The smallest absolute Gasteiger partial charge is 0.227 e. The Labute approximate surface area is 243 Å². The fourth-order valence-corrected chi connectivity index (χ4v) is 4.37. The minimum atomic E-state index is 0.0248. The van der Waals surface area contributed by atoms with Crippen LogP contribution in [0.15, 0.2) is 88.8 Å². The van der Waals surface area contributed by atoms with E-state index >= 15 is 0 Å². The second kappa shape index (κ2) is 16.5. The molecule has 0 unspecified atom stereocenters. The third-order valence-electron chi connectivity index (χ3n) is 6.70. The number of nitrogens with zero attached hydrogens (tertiary/aromatic N) is 2. The normalized spacial score (nSPS) is 16.4. The van der Waals surface area contributed by atoms with Crippen molar-refractivity contribution in [3.63, 3.8) is 0 Å². The maximum absolute atomic E-state index is 13.1. The molecule has 40 heavy (non-hydrogen) atoms. The molecule has 1 fully saturated rings. The molecule has 0 aromatic carbocycles. The lowest BCUT2D eigenvalue weighted by Crippen LogP contribution is -2.32. The molecular weight excluding hydrogens is 526 g/mol. The molecule has 2 heterocycles. The van der Waals surface area contributed by atoms with Crippen molar-refractivity contribution in [3.05, 3.63) is 94.4 Å². The van der Waals surface area contributed by atoms with Crippen molar-refractivity contribution in [2.45, 2.75) is 66.7 Å². The Hall–Kier alpha value is -3.58. The summed E-state index contributed by atoms with van der Waals surface area (Å²) in [4.78, 5) is 25.5. The van der Waals surface area contributed by atoms with Crippen LogP contribution in [0.3, 0.4) is 0 Å². The van der Waals surface area contributed by atoms with Crippen molar-refractivity contribution in [2.24, 2.45) is 0 Å². The van der Waals surface area contributed by atoms with Gasteiger partial charge in [0.2, 0.25) is 5.91 Å². The summed E-state index contributed by atoms with van der Waals surface area (Å²) in [5, 5.41) is 7.33. The number of Topliss-reactive ketones (excluding diaryl/α,β-unsaturated/α-hetero) is 1. The quantitative estimate of drug-likeness (QED) is 0.137. The summed E-state index contributed by atoms with van der Waals surface area (Å²) in [5.74, 6) is 1.81. The zero-order valence-corrected chi connectivity index (χ0v) is 25.2. The Kier molecular flexibility index (Phi) is 13.5. The molecule has 3 rings (SSSR count). The van der Waals surface area contributed by atoms with Gasteiger partial charge in [0.25, 0.3) is 0 Å². The van der Waals surface area contributed by atoms with E-state index in [1.807, 2.05) is 50.2 Å². The highest BCUT2D eigenvalue weighted by molar-refractivity contribution is 6.31. The second-order valence-electron chi connectivity index (χ2n) is 9.62. The summed E-state index contributed by atoms with van der Waals surface area (Å²) in [5.41, 5.74) is 5.84. The molecule has 0 spiro atoms. The molecular formula is C32H42ClN3O4. The first-order chi connectivity index (χ1) is 19.1. The molecule has 1 aliphatic carbocycles. The van der Waals surface area contributed by atoms with E-state index in [4.69, 9.17) is 21.1 Å². The summed E-state index contributed by atoms with van der Waals surface area (Å²) in [7, 11) is 0. The van der Waals surface area contributed by atoms with E-state index in [1.165, 1.54) is 6.92 Å². The highest BCUT2D eigenvalue weighted by atomic mass is 35.5. The molecule has 1 amide bonds. The van der Waals surface area contributed by atoms with Crippen molar-refractivity contribution in [3.8, 4) is 0 Å². The highest BCUT2D eigenvalue weighted by Crippen LogP contribution is 2.36. The molecule has 0 bridgehead atoms. The van der Waals surface area contributed by atoms with Gasteiger partial charge in [0.1, 0.15) is 11.5 Å². The fraction of sp³-hybridized carbons (Fsp3) is 0.406. The largest absolute Gasteiger partial charge is 0.494 e. The van der Waals surface area contributed by atoms with Crippen LogP contribution in [-0.4, -0.2) is 46.5 Å². The number of ketones is 1. The summed E-state index contributed by atoms with van der Waals surface area (Å²) in [6.07, 6.45) is 14.8. The van der Waals surface area contributed by atoms with Crippen molar-refractivity contribution in [1.82, 2.24) is 15.1 Å². The number of amides is 1. The van der Waals surface area contributed by atoms with E-state index in [9.17, 15) is 9.59 Å². The number of ether oxygens (including phenoxy) is 2. The van der Waals surface area contributed by atoms with Gasteiger partial charge >= 0.3 is 0 Å². The predicted molar refractivity (Wildman–Crippen MR) is 162 cm³/mol. The lowest BCUT2D eigenvalue weighted by Gasteiger charge is -2.27. The molecule has 7 nitrogen and oxygen atoms in total. The number of carbonyl (C=O) groups excluding carboxylic acids is 2. The van der Waals surface area contributed by atoms with Gasteiger partial charge in [-0.2, -0.15) is 5.10 Å². The van der Waals surface area contributed by atoms with Gasteiger partial charge in [-0.3, -0.25) is 14.7 Å². The number of rotatable bonds is 10. The van der Waals surface area contributed by atoms with E-state index in [2.05, 4.69) is 29.4 Å². The molecule has 0 radical (unpaired) electrons. The fourth-order valence-electron chi connectivity index (χ4n) is 4.21. The SMILES string of the molecule is C=C(Cl)/C=C(\C)C(C)=O.C=C/C(C)=C(C)\C(=C/C)OCCCC(=O)N1CCCOC2=C(c3cn[nH]c3)CCC=C21. The molecule has 216 valence electrons. The summed E-state index contributed by atoms with van der Waals surface area (Å²) >= 11 is 5.39. The van der Waals surface area contributed by atoms with Gasteiger partial charge in [0.15, 0.2) is 5.78 Å². The average molecular weight is 568 g/mol. The van der Waals surface area contributed by atoms with Gasteiger partial charge in [0.05, 0.1) is 25.1 Å². The molecule has 1 aliphatic heterocycles. The lowest BCUT2D eigenvalue weighted by molar-refractivity contribution is -0.129. The standard InChI is InChI=1S/C25H33N3O3.C7H9ClO/c1-5-18(3)19(4)23(6-2)30-14-8-12-24(29)28-13-9-15-31-25-21(10-7-11-22(25)28)20-16-26-27-17-20;1-5(7(3)9)4-6(2)8/h5-6,11,16-17H,1,7-10,12-15H2,2-4H3,(H,26,27);4H,2H2,1,3H3/b19-18-,23-6+;5-4+. The molecule has 8 heteroatoms. The topological polar surface area (TPSA) is 84.5 Å². The molecule has 0 saturated carbocycles. The number of halogens is 1. The van der Waals surface area contributed by atoms with E-state index < -0.39 is 0 Å². The maximum atomic E-state index is 13.1. The first-order valence-electron chi connectivity index (χ1n) is 13.6. The predicted octanol–water partition coefficient (Wildman–Crippen LogP) is 7.54. The van der Waals surface area contributed by atoms with Crippen LogP contribution < -0.4 is 0 Å². The Morgan fingerprint density at radius 2 is 2.02 bits per heavy atom. The number of carbonyl (C=O) groups is 2. The van der Waals surface area contributed by atoms with E-state index in [0.29, 0.717) is 43.2 Å². The lowest BCUT2D eigenvalue weighted by atomic mass is 9.96. The zero-order valence-electron chi connectivity index (χ0n) is 24.4. The minimum Gasteiger partial charge on any atom is -0.494 e. The van der Waals surface area contributed by atoms with Crippen LogP contribution in [0, 0.1) is 0 Å². The van der Waals surface area contributed by atoms with Crippen LogP contribution in [0.4, 0.5) is 0 Å². The van der Waals surface area contributed by atoms with Crippen molar-refractivity contribution in [1.29, 1.82) is 0 Å². The zero-order chi connectivity index (χ0) is 29.7. The molecule has 2 aliphatic rings. The highest BCUT2D eigenvalue weighted by Gasteiger charge is 2.29. The Morgan fingerprint density at radius 1 is 1.27 bits per heavy atom. The van der Waals surface area contributed by atoms with E-state index in [1.54, 1.807) is 13.0 Å². The number of nitrogens with one attached hydrogen (secondary N) is 1. The Balaban J connectivity index is 0.000000536. The van der Waals surface area contributed by atoms with E-state index in [0.717, 1.165) is 58.8 Å². The first kappa shape index (κ1) is 32.6. The Bertz CT molecular complexity index is 1230. The third kappa shape index (κ3) is 9.56. The van der Waals surface area contributed by atoms with Gasteiger partial charge in [-0.1, -0.05) is 36.9 Å². The Morgan fingerprint density at radius 3 is 2.60 bits per heavy atom. The van der Waals surface area contributed by atoms with E-state index in [-0.39, 0.29) is 11.7 Å². The maximum Gasteiger partial charge on any atom is 0.227 e. The molecule has 0 atom stereocenters. The first-order valence-corrected chi connectivity index (χ1v) is 14.0. The van der Waals surface area contributed by atoms with Crippen LogP contribution in [-0.2, 0) is 19.1 Å². The van der Waals surface area contributed by atoms with Crippen molar-refractivity contribution < 1.29 is 19.1 Å². The van der Waals surface area contributed by atoms with Gasteiger partial charge in [-0.05, 0) is 89.2 Å². The second-order valence-corrected chi connectivity index (χ2v) is 10.1. The van der Waals surface area contributed by atoms with Crippen molar-refractivity contribution in [2.75, 3.05) is 19.8 Å². The molecule has 1 saturated heterocycles. The van der Waals surface area contributed by atoms with Crippen LogP contribution in [0.5, 0.6) is 0 Å². The molecule has 1 N–H and O–H groups in total. The van der Waals surface area contributed by atoms with Gasteiger partial charge in [0, 0.05) is 35.3 Å². The number of hydrogen-bond donors (Lipinski definition) is 1. The monoisotopic (exact) mass is 567 g/mol. The number of hydrogen-bond acceptors (Lipinski definition) is 5. The summed E-state index contributed by atoms with van der Waals surface area (Å²) in [6.45, 7) is 18.2. The summed E-state index contributed by atoms with van der Waals surface area (Å²) in [6, 6.07) is 0. The number of aromatic amines is 1. The number of H-pyrrole nitrogens is 1. The van der Waals surface area contributed by atoms with Crippen LogP contribution in [0.25, 0.3) is 5.57 Å². The molecule has 1 aromatic heterocycles. The van der Waals surface area contributed by atoms with Gasteiger partial charge in [-0.15, -0.1) is 0 Å². The minimum absolute atomic E-state index is 0.0248. The number of fused-ring (bicyclic) bond motifs is 1. The van der Waals surface area contributed by atoms with Crippen LogP contribution >= 0.6 is 11.6 Å². The van der Waals surface area contributed by atoms with Gasteiger partial charge in [-0.25, -0.2) is 0 Å². The average Bonchev–Trinajstić information content (AvgIpc) is 3.38. The van der Waals surface area contributed by atoms with Crippen molar-refractivity contribution >= 4 is 28.9 Å². The summed E-state index contributed by atoms with van der Waals surface area (Å²) < 4.78 is 12.0. The van der Waals surface area contributed by atoms with Crippen LogP contribution in [0.2, 0.25) is 0 Å².